The van der Waals surface area contributed by atoms with E-state index in [0.717, 1.165) is 20.5 Å². The zero-order valence-corrected chi connectivity index (χ0v) is 17.4. The Morgan fingerprint density at radius 3 is 2.35 bits per heavy atom. The van der Waals surface area contributed by atoms with Crippen LogP contribution in [0.1, 0.15) is 22.9 Å². The fourth-order valence-electron chi connectivity index (χ4n) is 3.96. The van der Waals surface area contributed by atoms with Crippen LogP contribution in [-0.2, 0) is 0 Å². The zero-order chi connectivity index (χ0) is 22.0. The van der Waals surface area contributed by atoms with Crippen LogP contribution in [0.15, 0.2) is 52.1 Å². The van der Waals surface area contributed by atoms with E-state index in [1.807, 2.05) is 32.0 Å². The smallest absolute Gasteiger partial charge is 0.352 e. The molecule has 0 saturated carbocycles. The molecule has 1 aliphatic rings. The quantitative estimate of drug-likeness (QED) is 0.419. The molecule has 3 heterocycles. The number of hydrogen-bond donors (Lipinski definition) is 3. The second-order valence-electron chi connectivity index (χ2n) is 7.52. The molecule has 0 fully saturated rings. The van der Waals surface area contributed by atoms with Gasteiger partial charge in [-0.2, -0.15) is 9.36 Å². The predicted octanol–water partition coefficient (Wildman–Crippen LogP) is 2.91. The number of rotatable bonds is 2. The Balaban J connectivity index is 1.86. The second-order valence-corrected chi connectivity index (χ2v) is 7.91. The third kappa shape index (κ3) is 2.68. The summed E-state index contributed by atoms with van der Waals surface area (Å²) >= 11 is 5.15. The van der Waals surface area contributed by atoms with E-state index in [1.165, 1.54) is 4.90 Å². The van der Waals surface area contributed by atoms with Crippen LogP contribution in [0, 0.1) is 18.6 Å². The molecule has 0 aliphatic carbocycles. The van der Waals surface area contributed by atoms with Crippen molar-refractivity contribution in [2.24, 2.45) is 0 Å². The van der Waals surface area contributed by atoms with E-state index in [1.54, 1.807) is 24.3 Å². The summed E-state index contributed by atoms with van der Waals surface area (Å²) in [7, 11) is 0. The van der Waals surface area contributed by atoms with Gasteiger partial charge in [-0.25, -0.2) is 9.59 Å². The highest BCUT2D eigenvalue weighted by atomic mass is 32.1. The second kappa shape index (κ2) is 6.54. The van der Waals surface area contributed by atoms with Crippen molar-refractivity contribution in [3.63, 3.8) is 0 Å². The molecule has 1 atom stereocenters. The van der Waals surface area contributed by atoms with Crippen molar-refractivity contribution >= 4 is 34.8 Å². The van der Waals surface area contributed by atoms with Gasteiger partial charge < -0.3 is 10.1 Å². The Morgan fingerprint density at radius 2 is 1.65 bits per heavy atom. The molecule has 9 nitrogen and oxygen atoms in total. The number of carbonyl (C=O) groups is 1. The van der Waals surface area contributed by atoms with Gasteiger partial charge >= 0.3 is 11.7 Å². The number of aromatic hydroxyl groups is 1. The summed E-state index contributed by atoms with van der Waals surface area (Å²) in [6, 6.07) is 11.7. The molecule has 0 bridgehead atoms. The highest BCUT2D eigenvalue weighted by molar-refractivity contribution is 7.71. The Bertz CT molecular complexity index is 1560. The molecular weight excluding hydrogens is 418 g/mol. The number of H-pyrrole nitrogens is 2. The lowest BCUT2D eigenvalue weighted by molar-refractivity contribution is 0.249. The van der Waals surface area contributed by atoms with E-state index in [9.17, 15) is 19.5 Å². The first-order chi connectivity index (χ1) is 14.8. The lowest BCUT2D eigenvalue weighted by atomic mass is 10.1. The summed E-state index contributed by atoms with van der Waals surface area (Å²) in [6.45, 7) is 3.76. The molecule has 0 radical (unpaired) electrons. The van der Waals surface area contributed by atoms with Crippen LogP contribution >= 0.6 is 12.2 Å². The number of nitrogens with zero attached hydrogens (tertiary/aromatic N) is 3. The van der Waals surface area contributed by atoms with E-state index in [-0.39, 0.29) is 16.1 Å². The molecule has 10 heteroatoms. The molecule has 3 N–H and O–H groups in total. The van der Waals surface area contributed by atoms with Crippen LogP contribution in [0.25, 0.3) is 10.9 Å². The van der Waals surface area contributed by atoms with Gasteiger partial charge in [0.15, 0.2) is 6.17 Å². The largest absolute Gasteiger partial charge is 0.507 e. The van der Waals surface area contributed by atoms with Gasteiger partial charge in [-0.1, -0.05) is 29.3 Å². The monoisotopic (exact) mass is 435 g/mol. The number of anilines is 1. The van der Waals surface area contributed by atoms with E-state index < -0.39 is 23.4 Å². The average Bonchev–Trinajstić information content (AvgIpc) is 3.18. The molecule has 2 aromatic heterocycles. The van der Waals surface area contributed by atoms with Gasteiger partial charge in [0.2, 0.25) is 4.77 Å². The number of pyridine rings is 1. The third-order valence-electron chi connectivity index (χ3n) is 5.44. The average molecular weight is 435 g/mol. The zero-order valence-electron chi connectivity index (χ0n) is 16.5. The fourth-order valence-corrected chi connectivity index (χ4v) is 4.21. The lowest BCUT2D eigenvalue weighted by Gasteiger charge is -2.24. The van der Waals surface area contributed by atoms with Crippen molar-refractivity contribution in [3.8, 4) is 5.75 Å². The summed E-state index contributed by atoms with van der Waals surface area (Å²) in [5, 5.41) is 11.5. The maximum absolute atomic E-state index is 13.3. The van der Waals surface area contributed by atoms with E-state index in [0.29, 0.717) is 16.6 Å². The minimum absolute atomic E-state index is 0.0952. The molecule has 1 unspecified atom stereocenters. The number of carbonyl (C=O) groups excluding carboxylic acids is 1. The fraction of sp³-hybridized carbons (Fsp3) is 0.143. The number of hydrogen-bond acceptors (Lipinski definition) is 5. The van der Waals surface area contributed by atoms with E-state index in [4.69, 9.17) is 12.2 Å². The van der Waals surface area contributed by atoms with Gasteiger partial charge in [-0.3, -0.25) is 14.7 Å². The third-order valence-corrected chi connectivity index (χ3v) is 5.72. The van der Waals surface area contributed by atoms with Crippen molar-refractivity contribution < 1.29 is 9.90 Å². The van der Waals surface area contributed by atoms with Crippen molar-refractivity contribution in [1.29, 1.82) is 0 Å². The van der Waals surface area contributed by atoms with Crippen LogP contribution in [0.4, 0.5) is 10.5 Å². The highest BCUT2D eigenvalue weighted by Crippen LogP contribution is 2.37. The molecule has 31 heavy (non-hydrogen) atoms. The first-order valence-corrected chi connectivity index (χ1v) is 9.88. The van der Waals surface area contributed by atoms with E-state index >= 15 is 0 Å². The SMILES string of the molecule is Cc1ccc(N2C(=O)n3c(=S)[nH]c(=O)n3C2c2c(O)c3cc(C)ccc3[nH]c2=O)cc1. The molecular formula is C21H17N5O4S. The summed E-state index contributed by atoms with van der Waals surface area (Å²) in [4.78, 5) is 45.5. The Labute approximate surface area is 179 Å². The topological polar surface area (TPSA) is 116 Å². The highest BCUT2D eigenvalue weighted by Gasteiger charge is 2.43. The maximum atomic E-state index is 13.3. The number of aryl methyl sites for hydroxylation is 2. The summed E-state index contributed by atoms with van der Waals surface area (Å²) < 4.78 is 1.96. The summed E-state index contributed by atoms with van der Waals surface area (Å²) in [6.07, 6.45) is -1.23. The lowest BCUT2D eigenvalue weighted by Crippen LogP contribution is -2.36. The standard InChI is InChI=1S/C21H17N5O4S/c1-10-3-6-12(7-4-10)24-18(25-19(29)23-20(31)26(25)21(24)30)15-16(27)13-9-11(2)5-8-14(13)22-17(15)28/h3-9,18H,1-2H3,(H2,22,27,28)(H,23,29,31). The number of benzene rings is 2. The van der Waals surface area contributed by atoms with Gasteiger partial charge in [0.1, 0.15) is 11.3 Å². The van der Waals surface area contributed by atoms with E-state index in [2.05, 4.69) is 9.97 Å². The van der Waals surface area contributed by atoms with Crippen molar-refractivity contribution in [1.82, 2.24) is 19.3 Å². The summed E-state index contributed by atoms with van der Waals surface area (Å²) in [5.41, 5.74) is 1.34. The Morgan fingerprint density at radius 1 is 0.968 bits per heavy atom. The minimum atomic E-state index is -1.23. The van der Waals surface area contributed by atoms with Crippen molar-refractivity contribution in [3.05, 3.63) is 84.8 Å². The summed E-state index contributed by atoms with van der Waals surface area (Å²) in [5.74, 6) is -0.301. The van der Waals surface area contributed by atoms with Gasteiger partial charge in [0.25, 0.3) is 5.56 Å². The van der Waals surface area contributed by atoms with Gasteiger partial charge in [0.05, 0.1) is 5.52 Å². The van der Waals surface area contributed by atoms with Crippen LogP contribution in [0.3, 0.4) is 0 Å². The first kappa shape index (κ1) is 19.1. The molecule has 1 amide bonds. The Kier molecular flexibility index (Phi) is 4.02. The molecule has 1 aliphatic heterocycles. The normalized spacial score (nSPS) is 15.6. The number of amides is 1. The first-order valence-electron chi connectivity index (χ1n) is 9.47. The number of fused-ring (bicyclic) bond motifs is 2. The molecule has 156 valence electrons. The van der Waals surface area contributed by atoms with Gasteiger partial charge in [-0.05, 0) is 50.3 Å². The van der Waals surface area contributed by atoms with Crippen LogP contribution in [-0.4, -0.2) is 30.5 Å². The maximum Gasteiger partial charge on any atom is 0.352 e. The molecule has 0 saturated heterocycles. The molecule has 4 aromatic rings. The number of aromatic amines is 2. The number of aromatic nitrogens is 4. The Hall–Kier alpha value is -3.92. The molecule has 0 spiro atoms. The van der Waals surface area contributed by atoms with Crippen LogP contribution < -0.4 is 16.1 Å². The van der Waals surface area contributed by atoms with Crippen LogP contribution in [0.5, 0.6) is 5.75 Å². The predicted molar refractivity (Wildman–Crippen MR) is 117 cm³/mol. The van der Waals surface area contributed by atoms with Crippen molar-refractivity contribution in [2.75, 3.05) is 4.90 Å². The van der Waals surface area contributed by atoms with Crippen LogP contribution in [0.2, 0.25) is 0 Å². The van der Waals surface area contributed by atoms with Gasteiger partial charge in [0, 0.05) is 11.1 Å². The number of nitrogens with one attached hydrogen (secondary N) is 2. The van der Waals surface area contributed by atoms with Crippen molar-refractivity contribution in [2.45, 2.75) is 20.0 Å². The minimum Gasteiger partial charge on any atom is -0.507 e. The molecule has 2 aromatic carbocycles. The molecule has 5 rings (SSSR count). The van der Waals surface area contributed by atoms with Gasteiger partial charge in [-0.15, -0.1) is 0 Å².